The van der Waals surface area contributed by atoms with Gasteiger partial charge in [-0.15, -0.1) is 11.3 Å². The second kappa shape index (κ2) is 7.63. The first-order valence-corrected chi connectivity index (χ1v) is 10.8. The van der Waals surface area contributed by atoms with E-state index >= 15 is 0 Å². The summed E-state index contributed by atoms with van der Waals surface area (Å²) >= 11 is 1.35. The van der Waals surface area contributed by atoms with E-state index in [-0.39, 0.29) is 5.91 Å². The average molecular weight is 435 g/mol. The average Bonchev–Trinajstić information content (AvgIpc) is 3.41. The number of halogens is 1. The lowest BCUT2D eigenvalue weighted by Gasteiger charge is -2.26. The van der Waals surface area contributed by atoms with Gasteiger partial charge < -0.3 is 15.5 Å². The molecule has 7 nitrogen and oxygen atoms in total. The van der Waals surface area contributed by atoms with Gasteiger partial charge in [-0.25, -0.2) is 14.4 Å². The number of nitrogens with zero attached hydrogens (tertiary/aromatic N) is 5. The van der Waals surface area contributed by atoms with Gasteiger partial charge in [-0.1, -0.05) is 0 Å². The van der Waals surface area contributed by atoms with Crippen LogP contribution in [0.25, 0.3) is 10.6 Å². The number of aromatic nitrogens is 2. The number of nitrogens with two attached hydrogens (primary N) is 1. The fraction of sp³-hybridized carbons (Fsp3) is 0.273. The van der Waals surface area contributed by atoms with E-state index in [4.69, 9.17) is 11.0 Å². The standard InChI is InChI=1S/C22H19FN6OS/c23-15-5-7-28(12-15)19-4-2-14(11-26-19)21-27-18-6-8-29(22(30)20(18)31-21)16-3-1-13(10-24)17(25)9-16/h1-4,9,11,15H,5-8,12,25H2. The van der Waals surface area contributed by atoms with Crippen molar-refractivity contribution in [2.45, 2.75) is 19.0 Å². The zero-order valence-electron chi connectivity index (χ0n) is 16.6. The number of carbonyl (C=O) groups is 1. The van der Waals surface area contributed by atoms with Gasteiger partial charge in [-0.2, -0.15) is 5.26 Å². The molecule has 0 spiro atoms. The largest absolute Gasteiger partial charge is 0.398 e. The molecule has 0 radical (unpaired) electrons. The first kappa shape index (κ1) is 19.5. The van der Waals surface area contributed by atoms with Crippen molar-refractivity contribution < 1.29 is 9.18 Å². The third-order valence-electron chi connectivity index (χ3n) is 5.63. The van der Waals surface area contributed by atoms with Crippen molar-refractivity contribution in [3.63, 3.8) is 0 Å². The molecule has 31 heavy (non-hydrogen) atoms. The lowest BCUT2D eigenvalue weighted by atomic mass is 10.1. The molecule has 2 aliphatic rings. The molecule has 3 aromatic rings. The fourth-order valence-corrected chi connectivity index (χ4v) is 5.00. The van der Waals surface area contributed by atoms with Crippen LogP contribution in [-0.4, -0.2) is 41.7 Å². The number of anilines is 3. The Labute approximate surface area is 182 Å². The molecule has 1 amide bonds. The van der Waals surface area contributed by atoms with Crippen LogP contribution in [0.3, 0.4) is 0 Å². The van der Waals surface area contributed by atoms with Crippen molar-refractivity contribution >= 4 is 34.4 Å². The Bertz CT molecular complexity index is 1200. The summed E-state index contributed by atoms with van der Waals surface area (Å²) in [5, 5.41) is 9.80. The molecule has 1 saturated heterocycles. The molecule has 1 atom stereocenters. The first-order chi connectivity index (χ1) is 15.0. The van der Waals surface area contributed by atoms with Gasteiger partial charge in [-0.3, -0.25) is 4.79 Å². The highest BCUT2D eigenvalue weighted by Crippen LogP contribution is 2.34. The van der Waals surface area contributed by atoms with Gasteiger partial charge in [0.25, 0.3) is 5.91 Å². The van der Waals surface area contributed by atoms with Crippen molar-refractivity contribution in [2.75, 3.05) is 35.2 Å². The topological polar surface area (TPSA) is 99.1 Å². The first-order valence-electron chi connectivity index (χ1n) is 10.00. The molecule has 2 aromatic heterocycles. The van der Waals surface area contributed by atoms with Crippen LogP contribution in [0.2, 0.25) is 0 Å². The van der Waals surface area contributed by atoms with E-state index in [0.717, 1.165) is 22.1 Å². The van der Waals surface area contributed by atoms with Crippen molar-refractivity contribution in [3.8, 4) is 16.6 Å². The second-order valence-corrected chi connectivity index (χ2v) is 8.62. The summed E-state index contributed by atoms with van der Waals surface area (Å²) in [5.41, 5.74) is 8.96. The van der Waals surface area contributed by atoms with Gasteiger partial charge in [0.05, 0.1) is 23.5 Å². The Morgan fingerprint density at radius 3 is 2.81 bits per heavy atom. The minimum Gasteiger partial charge on any atom is -0.398 e. The number of carbonyl (C=O) groups excluding carboxylic acids is 1. The number of rotatable bonds is 3. The molecule has 5 rings (SSSR count). The van der Waals surface area contributed by atoms with Gasteiger partial charge in [0.15, 0.2) is 0 Å². The maximum atomic E-state index is 13.5. The molecular weight excluding hydrogens is 415 g/mol. The van der Waals surface area contributed by atoms with Gasteiger partial charge in [0.1, 0.15) is 27.9 Å². The number of nitriles is 1. The zero-order chi connectivity index (χ0) is 21.5. The van der Waals surface area contributed by atoms with Crippen LogP contribution in [-0.2, 0) is 6.42 Å². The smallest absolute Gasteiger partial charge is 0.270 e. The van der Waals surface area contributed by atoms with Gasteiger partial charge in [0.2, 0.25) is 0 Å². The van der Waals surface area contributed by atoms with E-state index in [9.17, 15) is 9.18 Å². The SMILES string of the molecule is N#Cc1ccc(N2CCc3nc(-c4ccc(N5CCC(F)C5)nc4)sc3C2=O)cc1N. The maximum absolute atomic E-state index is 13.5. The number of nitrogen functional groups attached to an aromatic ring is 1. The number of alkyl halides is 1. The van der Waals surface area contributed by atoms with Gasteiger partial charge in [-0.05, 0) is 36.8 Å². The lowest BCUT2D eigenvalue weighted by Crippen LogP contribution is -2.37. The van der Waals surface area contributed by atoms with Crippen LogP contribution in [0, 0.1) is 11.3 Å². The number of hydrogen-bond acceptors (Lipinski definition) is 7. The quantitative estimate of drug-likeness (QED) is 0.634. The summed E-state index contributed by atoms with van der Waals surface area (Å²) in [4.78, 5) is 26.5. The second-order valence-electron chi connectivity index (χ2n) is 7.62. The minimum absolute atomic E-state index is 0.121. The van der Waals surface area contributed by atoms with Crippen LogP contribution in [0.15, 0.2) is 36.5 Å². The maximum Gasteiger partial charge on any atom is 0.270 e. The number of pyridine rings is 1. The van der Waals surface area contributed by atoms with E-state index in [0.29, 0.717) is 54.3 Å². The summed E-state index contributed by atoms with van der Waals surface area (Å²) < 4.78 is 13.5. The minimum atomic E-state index is -0.799. The molecule has 0 saturated carbocycles. The van der Waals surface area contributed by atoms with Gasteiger partial charge in [0, 0.05) is 37.0 Å². The molecule has 0 bridgehead atoms. The summed E-state index contributed by atoms with van der Waals surface area (Å²) in [6.45, 7) is 1.54. The number of benzene rings is 1. The highest BCUT2D eigenvalue weighted by molar-refractivity contribution is 7.17. The number of hydrogen-bond donors (Lipinski definition) is 1. The Morgan fingerprint density at radius 2 is 2.13 bits per heavy atom. The number of amides is 1. The molecule has 9 heteroatoms. The van der Waals surface area contributed by atoms with Crippen LogP contribution >= 0.6 is 11.3 Å². The molecule has 0 aliphatic carbocycles. The van der Waals surface area contributed by atoms with E-state index in [2.05, 4.69) is 9.97 Å². The zero-order valence-corrected chi connectivity index (χ0v) is 17.4. The van der Waals surface area contributed by atoms with E-state index < -0.39 is 6.17 Å². The van der Waals surface area contributed by atoms with Crippen LogP contribution in [0.4, 0.5) is 21.6 Å². The third-order valence-corrected chi connectivity index (χ3v) is 6.76. The van der Waals surface area contributed by atoms with Crippen LogP contribution in [0.1, 0.15) is 27.3 Å². The molecule has 2 N–H and O–H groups in total. The lowest BCUT2D eigenvalue weighted by molar-refractivity contribution is 0.0984. The summed E-state index contributed by atoms with van der Waals surface area (Å²) in [7, 11) is 0. The van der Waals surface area contributed by atoms with Crippen LogP contribution < -0.4 is 15.5 Å². The fourth-order valence-electron chi connectivity index (χ4n) is 3.95. The highest BCUT2D eigenvalue weighted by atomic mass is 32.1. The van der Waals surface area contributed by atoms with E-state index in [1.54, 1.807) is 29.3 Å². The highest BCUT2D eigenvalue weighted by Gasteiger charge is 2.30. The molecule has 4 heterocycles. The molecule has 156 valence electrons. The molecule has 1 fully saturated rings. The normalized spacial score (nSPS) is 18.2. The predicted molar refractivity (Wildman–Crippen MR) is 118 cm³/mol. The van der Waals surface area contributed by atoms with Crippen molar-refractivity contribution in [1.29, 1.82) is 5.26 Å². The summed E-state index contributed by atoms with van der Waals surface area (Å²) in [6.07, 6.45) is 2.10. The molecule has 1 aromatic carbocycles. The third kappa shape index (κ3) is 3.49. The Hall–Kier alpha value is -3.51. The molecular formula is C22H19FN6OS. The monoisotopic (exact) mass is 434 g/mol. The summed E-state index contributed by atoms with van der Waals surface area (Å²) in [5.74, 6) is 0.635. The van der Waals surface area contributed by atoms with Crippen molar-refractivity contribution in [1.82, 2.24) is 9.97 Å². The number of thiazole rings is 1. The predicted octanol–water partition coefficient (Wildman–Crippen LogP) is 3.41. The Balaban J connectivity index is 1.39. The molecule has 1 unspecified atom stereocenters. The summed E-state index contributed by atoms with van der Waals surface area (Å²) in [6, 6.07) is 10.9. The Morgan fingerprint density at radius 1 is 1.26 bits per heavy atom. The van der Waals surface area contributed by atoms with Gasteiger partial charge >= 0.3 is 0 Å². The van der Waals surface area contributed by atoms with Crippen LogP contribution in [0.5, 0.6) is 0 Å². The van der Waals surface area contributed by atoms with E-state index in [1.165, 1.54) is 11.3 Å². The van der Waals surface area contributed by atoms with Crippen molar-refractivity contribution in [2.24, 2.45) is 0 Å². The van der Waals surface area contributed by atoms with Crippen molar-refractivity contribution in [3.05, 3.63) is 52.7 Å². The molecule has 2 aliphatic heterocycles. The van der Waals surface area contributed by atoms with E-state index in [1.807, 2.05) is 23.1 Å². The number of fused-ring (bicyclic) bond motifs is 1. The Kier molecular flexibility index (Phi) is 4.79.